The molecule has 0 heterocycles. The second-order valence-electron chi connectivity index (χ2n) is 10.2. The van der Waals surface area contributed by atoms with Crippen LogP contribution in [0.25, 0.3) is 54.2 Å². The molecule has 40 heavy (non-hydrogen) atoms. The van der Waals surface area contributed by atoms with Crippen molar-refractivity contribution in [3.63, 3.8) is 0 Å². The number of hydrogen-bond acceptors (Lipinski definition) is 4. The van der Waals surface area contributed by atoms with Crippen LogP contribution in [0.1, 0.15) is 0 Å². The molecule has 6 rings (SSSR count). The number of rotatable bonds is 3. The SMILES string of the molecule is CN(C)C(=O)Sc1ccc2ccc3ccccc3c2c1-c1c(SC(=O)N(C)C)ccc2ccc3ccccc3c12. The van der Waals surface area contributed by atoms with E-state index >= 15 is 0 Å². The van der Waals surface area contributed by atoms with E-state index < -0.39 is 0 Å². The normalized spacial score (nSPS) is 11.4. The van der Waals surface area contributed by atoms with Crippen LogP contribution in [-0.4, -0.2) is 48.5 Å². The van der Waals surface area contributed by atoms with Gasteiger partial charge in [-0.15, -0.1) is 0 Å². The molecule has 0 spiro atoms. The third-order valence-electron chi connectivity index (χ3n) is 7.12. The molecule has 6 heteroatoms. The molecule has 6 aromatic carbocycles. The topological polar surface area (TPSA) is 40.6 Å². The maximum atomic E-state index is 13.1. The van der Waals surface area contributed by atoms with Gasteiger partial charge in [-0.3, -0.25) is 9.59 Å². The maximum Gasteiger partial charge on any atom is 0.285 e. The molecule has 0 radical (unpaired) electrons. The van der Waals surface area contributed by atoms with E-state index in [-0.39, 0.29) is 10.5 Å². The largest absolute Gasteiger partial charge is 0.339 e. The van der Waals surface area contributed by atoms with Gasteiger partial charge >= 0.3 is 0 Å². The minimum Gasteiger partial charge on any atom is -0.339 e. The van der Waals surface area contributed by atoms with Gasteiger partial charge in [0.2, 0.25) is 0 Å². The molecule has 0 atom stereocenters. The van der Waals surface area contributed by atoms with Crippen molar-refractivity contribution in [2.45, 2.75) is 9.79 Å². The Bertz CT molecular complexity index is 1820. The Balaban J connectivity index is 1.84. The fourth-order valence-electron chi connectivity index (χ4n) is 5.19. The molecule has 0 bridgehead atoms. The van der Waals surface area contributed by atoms with E-state index in [1.54, 1.807) is 38.0 Å². The Morgan fingerprint density at radius 2 is 0.825 bits per heavy atom. The minimum atomic E-state index is -0.0514. The Morgan fingerprint density at radius 3 is 1.23 bits per heavy atom. The predicted molar refractivity (Wildman–Crippen MR) is 172 cm³/mol. The van der Waals surface area contributed by atoms with Crippen molar-refractivity contribution in [2.75, 3.05) is 28.2 Å². The Morgan fingerprint density at radius 1 is 0.475 bits per heavy atom. The summed E-state index contributed by atoms with van der Waals surface area (Å²) in [5, 5.41) is 8.70. The van der Waals surface area contributed by atoms with Crippen LogP contribution in [-0.2, 0) is 0 Å². The molecule has 198 valence electrons. The smallest absolute Gasteiger partial charge is 0.285 e. The van der Waals surface area contributed by atoms with Gasteiger partial charge in [-0.1, -0.05) is 84.9 Å². The van der Waals surface area contributed by atoms with Gasteiger partial charge in [-0.05, 0) is 78.7 Å². The van der Waals surface area contributed by atoms with Gasteiger partial charge in [0.1, 0.15) is 0 Å². The Kier molecular flexibility index (Phi) is 6.90. The lowest BCUT2D eigenvalue weighted by molar-refractivity contribution is 0.240. The molecule has 6 aromatic rings. The zero-order chi connectivity index (χ0) is 28.0. The molecular formula is C34H28N2O2S2. The first-order chi connectivity index (χ1) is 19.3. The number of benzene rings is 6. The van der Waals surface area contributed by atoms with Crippen LogP contribution in [0.5, 0.6) is 0 Å². The Hall–Kier alpha value is -4.00. The van der Waals surface area contributed by atoms with Crippen molar-refractivity contribution in [1.29, 1.82) is 0 Å². The summed E-state index contributed by atoms with van der Waals surface area (Å²) in [5.41, 5.74) is 1.95. The molecule has 0 aromatic heterocycles. The lowest BCUT2D eigenvalue weighted by Gasteiger charge is -2.21. The summed E-state index contributed by atoms with van der Waals surface area (Å²) in [6.45, 7) is 0. The van der Waals surface area contributed by atoms with Crippen molar-refractivity contribution in [3.8, 4) is 11.1 Å². The fraction of sp³-hybridized carbons (Fsp3) is 0.118. The van der Waals surface area contributed by atoms with E-state index in [1.807, 2.05) is 24.3 Å². The minimum absolute atomic E-state index is 0.0514. The van der Waals surface area contributed by atoms with Crippen LogP contribution in [0.15, 0.2) is 107 Å². The number of thioether (sulfide) groups is 2. The van der Waals surface area contributed by atoms with Crippen LogP contribution in [0.2, 0.25) is 0 Å². The van der Waals surface area contributed by atoms with E-state index in [9.17, 15) is 9.59 Å². The standard InChI is InChI=1S/C34H28N2O2S2/c1-35(2)33(37)39-27-19-17-23-15-13-21-9-5-7-11-25(21)29(23)31(27)32-28(40-34(38)36(3)4)20-18-24-16-14-22-10-6-8-12-26(22)30(24)32/h5-20H,1-4H3. The maximum absolute atomic E-state index is 13.1. The molecule has 0 unspecified atom stereocenters. The highest BCUT2D eigenvalue weighted by Gasteiger charge is 2.24. The summed E-state index contributed by atoms with van der Waals surface area (Å²) in [5.74, 6) is 0. The summed E-state index contributed by atoms with van der Waals surface area (Å²) in [6, 6.07) is 33.6. The van der Waals surface area contributed by atoms with E-state index in [2.05, 4.69) is 72.8 Å². The van der Waals surface area contributed by atoms with Crippen LogP contribution in [0.4, 0.5) is 9.59 Å². The summed E-state index contributed by atoms with van der Waals surface area (Å²) >= 11 is 2.45. The zero-order valence-corrected chi connectivity index (χ0v) is 24.4. The van der Waals surface area contributed by atoms with Crippen LogP contribution in [0.3, 0.4) is 0 Å². The number of amides is 2. The first-order valence-corrected chi connectivity index (χ1v) is 14.6. The molecule has 0 aliphatic carbocycles. The van der Waals surface area contributed by atoms with Gasteiger partial charge in [0.15, 0.2) is 0 Å². The number of carbonyl (C=O) groups excluding carboxylic acids is 2. The van der Waals surface area contributed by atoms with Gasteiger partial charge in [0.05, 0.1) is 0 Å². The number of nitrogens with zero attached hydrogens (tertiary/aromatic N) is 2. The van der Waals surface area contributed by atoms with Gasteiger partial charge in [0, 0.05) is 49.1 Å². The molecule has 0 N–H and O–H groups in total. The monoisotopic (exact) mass is 560 g/mol. The first kappa shape index (κ1) is 26.2. The average Bonchev–Trinajstić information content (AvgIpc) is 2.96. The third-order valence-corrected chi connectivity index (χ3v) is 9.32. The van der Waals surface area contributed by atoms with E-state index in [0.29, 0.717) is 0 Å². The van der Waals surface area contributed by atoms with Crippen molar-refractivity contribution >= 4 is 77.1 Å². The van der Waals surface area contributed by atoms with Gasteiger partial charge in [0.25, 0.3) is 10.5 Å². The summed E-state index contributed by atoms with van der Waals surface area (Å²) in [6.07, 6.45) is 0. The highest BCUT2D eigenvalue weighted by atomic mass is 32.2. The molecule has 4 nitrogen and oxygen atoms in total. The lowest BCUT2D eigenvalue weighted by atomic mass is 9.89. The molecule has 2 amide bonds. The van der Waals surface area contributed by atoms with E-state index in [4.69, 9.17) is 0 Å². The Labute approximate surface area is 241 Å². The first-order valence-electron chi connectivity index (χ1n) is 13.0. The van der Waals surface area contributed by atoms with Crippen LogP contribution >= 0.6 is 23.5 Å². The van der Waals surface area contributed by atoms with Crippen molar-refractivity contribution in [1.82, 2.24) is 9.80 Å². The van der Waals surface area contributed by atoms with Crippen molar-refractivity contribution < 1.29 is 9.59 Å². The van der Waals surface area contributed by atoms with E-state index in [0.717, 1.165) is 64.0 Å². The molecule has 0 saturated carbocycles. The van der Waals surface area contributed by atoms with Crippen molar-refractivity contribution in [3.05, 3.63) is 97.1 Å². The molecule has 0 aliphatic heterocycles. The van der Waals surface area contributed by atoms with Gasteiger partial charge < -0.3 is 9.80 Å². The highest BCUT2D eigenvalue weighted by Crippen LogP contribution is 2.49. The zero-order valence-electron chi connectivity index (χ0n) is 22.8. The predicted octanol–water partition coefficient (Wildman–Crippen LogP) is 9.51. The second kappa shape index (κ2) is 10.5. The molecule has 0 fully saturated rings. The quantitative estimate of drug-likeness (QED) is 0.160. The highest BCUT2D eigenvalue weighted by molar-refractivity contribution is 8.14. The summed E-state index contributed by atoms with van der Waals surface area (Å²) < 4.78 is 0. The second-order valence-corrected chi connectivity index (χ2v) is 12.2. The molecule has 0 aliphatic rings. The lowest BCUT2D eigenvalue weighted by Crippen LogP contribution is -2.16. The van der Waals surface area contributed by atoms with Crippen LogP contribution < -0.4 is 0 Å². The van der Waals surface area contributed by atoms with E-state index in [1.165, 1.54) is 23.5 Å². The number of fused-ring (bicyclic) bond motifs is 6. The molecular weight excluding hydrogens is 533 g/mol. The number of carbonyl (C=O) groups is 2. The summed E-state index contributed by atoms with van der Waals surface area (Å²) in [7, 11) is 7.09. The molecule has 0 saturated heterocycles. The van der Waals surface area contributed by atoms with Crippen molar-refractivity contribution in [2.24, 2.45) is 0 Å². The fourth-order valence-corrected chi connectivity index (χ4v) is 6.82. The van der Waals surface area contributed by atoms with Gasteiger partial charge in [-0.25, -0.2) is 0 Å². The van der Waals surface area contributed by atoms with Gasteiger partial charge in [-0.2, -0.15) is 0 Å². The third kappa shape index (κ3) is 4.57. The average molecular weight is 561 g/mol. The number of hydrogen-bond donors (Lipinski definition) is 0. The van der Waals surface area contributed by atoms with Crippen LogP contribution in [0, 0.1) is 0 Å². The summed E-state index contributed by atoms with van der Waals surface area (Å²) in [4.78, 5) is 31.2.